The number of sulfonamides is 2. The van der Waals surface area contributed by atoms with Crippen molar-refractivity contribution in [3.63, 3.8) is 0 Å². The van der Waals surface area contributed by atoms with Crippen LogP contribution in [0.15, 0.2) is 116 Å². The lowest BCUT2D eigenvalue weighted by Crippen LogP contribution is -2.39. The quantitative estimate of drug-likeness (QED) is 0.0850. The number of furan rings is 1. The third-order valence-corrected chi connectivity index (χ3v) is 12.3. The Morgan fingerprint density at radius 3 is 2.09 bits per heavy atom. The summed E-state index contributed by atoms with van der Waals surface area (Å²) in [5.74, 6) is 0.704. The molecule has 284 valence electrons. The number of methoxy groups -OCH3 is 3. The molecule has 0 unspecified atom stereocenters. The molecule has 1 aromatic heterocycles. The Kier molecular flexibility index (Phi) is 12.9. The van der Waals surface area contributed by atoms with Crippen molar-refractivity contribution >= 4 is 61.1 Å². The summed E-state index contributed by atoms with van der Waals surface area (Å²) in [6.07, 6.45) is 1.21. The maximum Gasteiger partial charge on any atom is 0.264 e. The predicted octanol–water partition coefficient (Wildman–Crippen LogP) is 6.66. The topological polar surface area (TPSA) is 157 Å². The van der Waals surface area contributed by atoms with Gasteiger partial charge in [-0.15, -0.1) is 0 Å². The second-order valence-corrected chi connectivity index (χ2v) is 16.3. The second-order valence-electron chi connectivity index (χ2n) is 11.7. The third kappa shape index (κ3) is 9.53. The summed E-state index contributed by atoms with van der Waals surface area (Å²) >= 11 is 12.3. The van der Waals surface area contributed by atoms with E-state index in [4.69, 9.17) is 41.8 Å². The first-order valence-corrected chi connectivity index (χ1v) is 19.7. The normalized spacial score (nSPS) is 11.8. The minimum absolute atomic E-state index is 0.0375. The summed E-state index contributed by atoms with van der Waals surface area (Å²) in [7, 11) is -4.04. The number of amides is 1. The molecule has 5 rings (SSSR count). The van der Waals surface area contributed by atoms with Gasteiger partial charge in [-0.1, -0.05) is 47.0 Å². The van der Waals surface area contributed by atoms with Gasteiger partial charge in [0.1, 0.15) is 23.8 Å². The molecular formula is C37H36Cl2N4O9S2. The summed E-state index contributed by atoms with van der Waals surface area (Å²) in [4.78, 5) is 13.1. The smallest absolute Gasteiger partial charge is 0.264 e. The highest BCUT2D eigenvalue weighted by Gasteiger charge is 2.29. The van der Waals surface area contributed by atoms with Crippen molar-refractivity contribution in [1.82, 2.24) is 9.73 Å². The van der Waals surface area contributed by atoms with Crippen molar-refractivity contribution in [2.75, 3.05) is 32.2 Å². The van der Waals surface area contributed by atoms with Gasteiger partial charge in [-0.2, -0.15) is 9.41 Å². The lowest BCUT2D eigenvalue weighted by Gasteiger charge is -2.24. The Morgan fingerprint density at radius 1 is 0.759 bits per heavy atom. The number of benzene rings is 4. The molecule has 0 spiro atoms. The third-order valence-electron chi connectivity index (χ3n) is 7.99. The van der Waals surface area contributed by atoms with Crippen molar-refractivity contribution in [2.45, 2.75) is 29.8 Å². The Bertz CT molecular complexity index is 2350. The van der Waals surface area contributed by atoms with E-state index in [1.807, 2.05) is 6.92 Å². The number of carbonyl (C=O) groups is 1. The van der Waals surface area contributed by atoms with Gasteiger partial charge in [-0.05, 0) is 85.3 Å². The maximum absolute atomic E-state index is 13.9. The molecule has 0 aliphatic heterocycles. The van der Waals surface area contributed by atoms with E-state index in [0.717, 1.165) is 9.87 Å². The van der Waals surface area contributed by atoms with Crippen LogP contribution in [-0.2, 0) is 37.9 Å². The van der Waals surface area contributed by atoms with Crippen LogP contribution in [0.5, 0.6) is 17.2 Å². The Labute approximate surface area is 323 Å². The van der Waals surface area contributed by atoms with Gasteiger partial charge >= 0.3 is 0 Å². The van der Waals surface area contributed by atoms with Crippen molar-refractivity contribution in [3.05, 3.63) is 130 Å². The van der Waals surface area contributed by atoms with Gasteiger partial charge in [-0.25, -0.2) is 22.3 Å². The summed E-state index contributed by atoms with van der Waals surface area (Å²) < 4.78 is 79.1. The zero-order chi connectivity index (χ0) is 39.0. The molecule has 0 aliphatic rings. The fourth-order valence-electron chi connectivity index (χ4n) is 5.15. The minimum atomic E-state index is -4.32. The van der Waals surface area contributed by atoms with Crippen LogP contribution in [0.2, 0.25) is 10.0 Å². The van der Waals surface area contributed by atoms with E-state index >= 15 is 0 Å². The molecular weight excluding hydrogens is 779 g/mol. The van der Waals surface area contributed by atoms with E-state index in [-0.39, 0.29) is 50.9 Å². The number of halogens is 2. The molecule has 0 saturated heterocycles. The van der Waals surface area contributed by atoms with Crippen molar-refractivity contribution in [1.29, 1.82) is 0 Å². The number of rotatable bonds is 16. The average molecular weight is 816 g/mol. The highest BCUT2D eigenvalue weighted by atomic mass is 35.5. The lowest BCUT2D eigenvalue weighted by molar-refractivity contribution is -0.119. The molecule has 0 radical (unpaired) electrons. The van der Waals surface area contributed by atoms with E-state index < -0.39 is 32.5 Å². The van der Waals surface area contributed by atoms with Gasteiger partial charge in [0.05, 0.1) is 59.6 Å². The summed E-state index contributed by atoms with van der Waals surface area (Å²) in [6, 6.07) is 24.7. The lowest BCUT2D eigenvalue weighted by atomic mass is 10.2. The molecule has 0 bridgehead atoms. The summed E-state index contributed by atoms with van der Waals surface area (Å²) in [6.45, 7) is 1.02. The van der Waals surface area contributed by atoms with Crippen molar-refractivity contribution < 1.29 is 40.3 Å². The van der Waals surface area contributed by atoms with E-state index in [1.54, 1.807) is 54.6 Å². The highest BCUT2D eigenvalue weighted by Crippen LogP contribution is 2.33. The number of ether oxygens (including phenoxy) is 3. The zero-order valence-corrected chi connectivity index (χ0v) is 32.7. The fourth-order valence-corrected chi connectivity index (χ4v) is 8.30. The molecule has 1 N–H and O–H groups in total. The van der Waals surface area contributed by atoms with Gasteiger partial charge in [0.2, 0.25) is 10.0 Å². The standard InChI is InChI=1S/C37H36Cl2N4O9S2/c1-25-5-14-31(15-6-25)53(45,46)42(22-26-7-17-33(38)34(39)19-26)23-30-13-12-29(52-30)21-40-41-37(44)24-43(27-8-10-28(49-2)11-9-27)54(47,48)32-16-18-35(50-3)36(20-32)51-4/h5-21H,22-24H2,1-4H3,(H,41,44)/b40-21-. The van der Waals surface area contributed by atoms with Gasteiger partial charge in [-0.3, -0.25) is 9.10 Å². The maximum atomic E-state index is 13.9. The first-order chi connectivity index (χ1) is 25.7. The molecule has 1 heterocycles. The molecule has 0 saturated carbocycles. The van der Waals surface area contributed by atoms with Gasteiger partial charge in [0.25, 0.3) is 15.9 Å². The Morgan fingerprint density at radius 2 is 1.44 bits per heavy atom. The number of anilines is 1. The molecule has 0 fully saturated rings. The van der Waals surface area contributed by atoms with Gasteiger partial charge in [0, 0.05) is 12.6 Å². The summed E-state index contributed by atoms with van der Waals surface area (Å²) in [5, 5.41) is 4.57. The van der Waals surface area contributed by atoms with Crippen LogP contribution in [0, 0.1) is 6.92 Å². The minimum Gasteiger partial charge on any atom is -0.497 e. The van der Waals surface area contributed by atoms with E-state index in [2.05, 4.69) is 10.5 Å². The molecule has 5 aromatic rings. The van der Waals surface area contributed by atoms with Crippen LogP contribution in [0.3, 0.4) is 0 Å². The average Bonchev–Trinajstić information content (AvgIpc) is 3.61. The number of hydrogen-bond donors (Lipinski definition) is 1. The molecule has 13 nitrogen and oxygen atoms in total. The number of nitrogens with zero attached hydrogens (tertiary/aromatic N) is 3. The number of hydrazone groups is 1. The highest BCUT2D eigenvalue weighted by molar-refractivity contribution is 7.92. The second kappa shape index (κ2) is 17.4. The van der Waals surface area contributed by atoms with E-state index in [9.17, 15) is 21.6 Å². The van der Waals surface area contributed by atoms with E-state index in [1.165, 1.54) is 74.3 Å². The molecule has 17 heteroatoms. The molecule has 1 amide bonds. The van der Waals surface area contributed by atoms with Crippen LogP contribution in [0.4, 0.5) is 5.69 Å². The number of nitrogens with one attached hydrogen (secondary N) is 1. The first-order valence-electron chi connectivity index (χ1n) is 16.1. The van der Waals surface area contributed by atoms with Crippen LogP contribution in [0.1, 0.15) is 22.6 Å². The number of carbonyl (C=O) groups excluding carboxylic acids is 1. The van der Waals surface area contributed by atoms with Crippen molar-refractivity contribution in [3.8, 4) is 17.2 Å². The fraction of sp³-hybridized carbons (Fsp3) is 0.189. The molecule has 0 aliphatic carbocycles. The molecule has 54 heavy (non-hydrogen) atoms. The van der Waals surface area contributed by atoms with Crippen LogP contribution in [-0.4, -0.2) is 61.1 Å². The first kappa shape index (κ1) is 40.1. The monoisotopic (exact) mass is 814 g/mol. The molecule has 4 aromatic carbocycles. The van der Waals surface area contributed by atoms with Crippen LogP contribution in [0.25, 0.3) is 0 Å². The largest absolute Gasteiger partial charge is 0.497 e. The van der Waals surface area contributed by atoms with Gasteiger partial charge < -0.3 is 18.6 Å². The molecule has 0 atom stereocenters. The zero-order valence-electron chi connectivity index (χ0n) is 29.5. The number of aryl methyl sites for hydroxylation is 1. The Balaban J connectivity index is 1.33. The van der Waals surface area contributed by atoms with Crippen LogP contribution >= 0.6 is 23.2 Å². The SMILES string of the molecule is COc1ccc(N(CC(=O)N/N=C\c2ccc(CN(Cc3ccc(Cl)c(Cl)c3)S(=O)(=O)c3ccc(C)cc3)o2)S(=O)(=O)c2ccc(OC)c(OC)c2)cc1. The summed E-state index contributed by atoms with van der Waals surface area (Å²) in [5.41, 5.74) is 4.02. The van der Waals surface area contributed by atoms with Gasteiger partial charge in [0.15, 0.2) is 11.5 Å². The number of hydrogen-bond acceptors (Lipinski definition) is 10. The van der Waals surface area contributed by atoms with E-state index in [0.29, 0.717) is 22.1 Å². The predicted molar refractivity (Wildman–Crippen MR) is 206 cm³/mol. The van der Waals surface area contributed by atoms with Crippen molar-refractivity contribution in [2.24, 2.45) is 5.10 Å². The van der Waals surface area contributed by atoms with Crippen LogP contribution < -0.4 is 23.9 Å². The Hall–Kier alpha value is -5.06.